The standard InChI is InChI=1S/C31H29ClN4O4/c1-3-20-5-12-25(13-6-20)34-30(38)26-19-24(32)11-14-27(26)35-29(37)22-9-7-21(8-10-22)28(33)36-17-15-23(16-18-36)31(39)40-4-2/h1,5-14,19,23,33H,4,15-18H2,2H3,(H,34,38)(H,35,37). The van der Waals surface area contributed by atoms with Crippen LogP contribution < -0.4 is 10.6 Å². The van der Waals surface area contributed by atoms with E-state index in [2.05, 4.69) is 16.6 Å². The number of amidine groups is 1. The lowest BCUT2D eigenvalue weighted by atomic mass is 9.96. The van der Waals surface area contributed by atoms with Crippen molar-refractivity contribution in [1.29, 1.82) is 5.41 Å². The van der Waals surface area contributed by atoms with Crippen LogP contribution in [0.3, 0.4) is 0 Å². The van der Waals surface area contributed by atoms with Crippen LogP contribution in [0.2, 0.25) is 5.02 Å². The van der Waals surface area contributed by atoms with Gasteiger partial charge in [0.15, 0.2) is 0 Å². The average molecular weight is 557 g/mol. The minimum Gasteiger partial charge on any atom is -0.466 e. The maximum Gasteiger partial charge on any atom is 0.309 e. The number of ether oxygens (including phenoxy) is 1. The van der Waals surface area contributed by atoms with Crippen LogP contribution in [-0.2, 0) is 9.53 Å². The lowest BCUT2D eigenvalue weighted by Gasteiger charge is -2.32. The quantitative estimate of drug-likeness (QED) is 0.156. The van der Waals surface area contributed by atoms with Gasteiger partial charge in [0, 0.05) is 40.5 Å². The Kier molecular flexibility index (Phi) is 9.20. The van der Waals surface area contributed by atoms with Crippen molar-refractivity contribution >= 4 is 46.6 Å². The molecule has 3 N–H and O–H groups in total. The van der Waals surface area contributed by atoms with Gasteiger partial charge in [-0.1, -0.05) is 29.7 Å². The first-order valence-electron chi connectivity index (χ1n) is 12.9. The Hall–Kier alpha value is -4.61. The molecule has 9 heteroatoms. The summed E-state index contributed by atoms with van der Waals surface area (Å²) < 4.78 is 5.12. The molecule has 1 fully saturated rings. The number of hydrogen-bond donors (Lipinski definition) is 3. The molecule has 0 aromatic heterocycles. The molecule has 3 aromatic carbocycles. The van der Waals surface area contributed by atoms with Crippen molar-refractivity contribution in [2.75, 3.05) is 30.3 Å². The third kappa shape index (κ3) is 6.87. The molecule has 0 atom stereocenters. The predicted molar refractivity (Wildman–Crippen MR) is 156 cm³/mol. The summed E-state index contributed by atoms with van der Waals surface area (Å²) in [6, 6.07) is 18.1. The second-order valence-electron chi connectivity index (χ2n) is 9.26. The lowest BCUT2D eigenvalue weighted by Crippen LogP contribution is -2.40. The number of amides is 2. The molecule has 0 unspecified atom stereocenters. The Balaban J connectivity index is 1.40. The Morgan fingerprint density at radius 2 is 1.62 bits per heavy atom. The van der Waals surface area contributed by atoms with Gasteiger partial charge < -0.3 is 20.3 Å². The van der Waals surface area contributed by atoms with Crippen molar-refractivity contribution in [3.63, 3.8) is 0 Å². The van der Waals surface area contributed by atoms with Crippen LogP contribution in [0.4, 0.5) is 11.4 Å². The smallest absolute Gasteiger partial charge is 0.309 e. The number of benzene rings is 3. The van der Waals surface area contributed by atoms with Gasteiger partial charge >= 0.3 is 5.97 Å². The van der Waals surface area contributed by atoms with Gasteiger partial charge in [0.2, 0.25) is 0 Å². The molecule has 3 aromatic rings. The summed E-state index contributed by atoms with van der Waals surface area (Å²) in [4.78, 5) is 39.9. The van der Waals surface area contributed by atoms with Crippen LogP contribution in [-0.4, -0.2) is 48.2 Å². The number of halogens is 1. The highest BCUT2D eigenvalue weighted by Crippen LogP contribution is 2.24. The number of rotatable bonds is 7. The Morgan fingerprint density at radius 1 is 0.975 bits per heavy atom. The van der Waals surface area contributed by atoms with E-state index in [-0.39, 0.29) is 17.5 Å². The van der Waals surface area contributed by atoms with E-state index in [0.29, 0.717) is 71.5 Å². The first-order chi connectivity index (χ1) is 19.3. The molecule has 0 bridgehead atoms. The van der Waals surface area contributed by atoms with Crippen LogP contribution in [0, 0.1) is 23.7 Å². The first kappa shape index (κ1) is 28.4. The fourth-order valence-corrected chi connectivity index (χ4v) is 4.59. The summed E-state index contributed by atoms with van der Waals surface area (Å²) >= 11 is 6.14. The van der Waals surface area contributed by atoms with E-state index < -0.39 is 11.8 Å². The molecule has 1 aliphatic heterocycles. The van der Waals surface area contributed by atoms with Crippen molar-refractivity contribution < 1.29 is 19.1 Å². The summed E-state index contributed by atoms with van der Waals surface area (Å²) in [5.41, 5.74) is 2.76. The molecule has 0 aliphatic carbocycles. The van der Waals surface area contributed by atoms with Gasteiger partial charge in [-0.15, -0.1) is 6.42 Å². The molecule has 0 saturated carbocycles. The van der Waals surface area contributed by atoms with Crippen LogP contribution in [0.15, 0.2) is 66.7 Å². The van der Waals surface area contributed by atoms with E-state index in [1.54, 1.807) is 67.6 Å². The fourth-order valence-electron chi connectivity index (χ4n) is 4.42. The Labute approximate surface area is 238 Å². The maximum atomic E-state index is 13.0. The lowest BCUT2D eigenvalue weighted by molar-refractivity contribution is -0.149. The van der Waals surface area contributed by atoms with Gasteiger partial charge in [-0.2, -0.15) is 0 Å². The molecule has 0 radical (unpaired) electrons. The van der Waals surface area contributed by atoms with Crippen LogP contribution in [0.25, 0.3) is 0 Å². The third-order valence-corrected chi connectivity index (χ3v) is 6.87. The highest BCUT2D eigenvalue weighted by molar-refractivity contribution is 6.31. The molecule has 4 rings (SSSR count). The number of piperidine rings is 1. The minimum absolute atomic E-state index is 0.135. The zero-order chi connectivity index (χ0) is 28.6. The van der Waals surface area contributed by atoms with Gasteiger partial charge in [0.05, 0.1) is 23.8 Å². The SMILES string of the molecule is C#Cc1ccc(NC(=O)c2cc(Cl)ccc2NC(=O)c2ccc(C(=N)N3CCC(C(=O)OCC)CC3)cc2)cc1. The number of anilines is 2. The Morgan fingerprint density at radius 3 is 2.25 bits per heavy atom. The molecule has 1 heterocycles. The number of terminal acetylenes is 1. The average Bonchev–Trinajstić information content (AvgIpc) is 2.98. The van der Waals surface area contributed by atoms with E-state index in [1.165, 1.54) is 6.07 Å². The second-order valence-corrected chi connectivity index (χ2v) is 9.70. The highest BCUT2D eigenvalue weighted by atomic mass is 35.5. The van der Waals surface area contributed by atoms with E-state index in [1.807, 2.05) is 4.90 Å². The maximum absolute atomic E-state index is 13.0. The van der Waals surface area contributed by atoms with Crippen LogP contribution in [0.5, 0.6) is 0 Å². The van der Waals surface area contributed by atoms with Gasteiger partial charge in [0.1, 0.15) is 5.84 Å². The molecule has 2 amide bonds. The van der Waals surface area contributed by atoms with Gasteiger partial charge in [0.25, 0.3) is 11.8 Å². The number of hydrogen-bond acceptors (Lipinski definition) is 5. The summed E-state index contributed by atoms with van der Waals surface area (Å²) in [6.45, 7) is 3.32. The van der Waals surface area contributed by atoms with Gasteiger partial charge in [-0.3, -0.25) is 19.8 Å². The number of carbonyl (C=O) groups excluding carboxylic acids is 3. The molecule has 204 valence electrons. The number of carbonyl (C=O) groups is 3. The topological polar surface area (TPSA) is 112 Å². The highest BCUT2D eigenvalue weighted by Gasteiger charge is 2.27. The van der Waals surface area contributed by atoms with E-state index in [4.69, 9.17) is 28.2 Å². The zero-order valence-corrected chi connectivity index (χ0v) is 22.8. The Bertz CT molecular complexity index is 1450. The number of nitrogens with one attached hydrogen (secondary N) is 3. The molecule has 1 saturated heterocycles. The predicted octanol–water partition coefficient (Wildman–Crippen LogP) is 5.43. The first-order valence-corrected chi connectivity index (χ1v) is 13.3. The van der Waals surface area contributed by atoms with Crippen molar-refractivity contribution in [1.82, 2.24) is 4.90 Å². The number of nitrogens with zero attached hydrogens (tertiary/aromatic N) is 1. The number of esters is 1. The van der Waals surface area contributed by atoms with E-state index in [9.17, 15) is 14.4 Å². The third-order valence-electron chi connectivity index (χ3n) is 6.64. The van der Waals surface area contributed by atoms with Gasteiger partial charge in [-0.05, 0) is 74.4 Å². The molecular formula is C31H29ClN4O4. The van der Waals surface area contributed by atoms with Crippen molar-refractivity contribution in [2.45, 2.75) is 19.8 Å². The second kappa shape index (κ2) is 13.0. The molecule has 8 nitrogen and oxygen atoms in total. The normalized spacial score (nSPS) is 13.2. The largest absolute Gasteiger partial charge is 0.466 e. The molecule has 0 spiro atoms. The van der Waals surface area contributed by atoms with Crippen LogP contribution in [0.1, 0.15) is 51.6 Å². The molecule has 40 heavy (non-hydrogen) atoms. The summed E-state index contributed by atoms with van der Waals surface area (Å²) in [7, 11) is 0. The summed E-state index contributed by atoms with van der Waals surface area (Å²) in [5, 5.41) is 14.5. The van der Waals surface area contributed by atoms with E-state index in [0.717, 1.165) is 0 Å². The van der Waals surface area contributed by atoms with Crippen molar-refractivity contribution in [3.05, 3.63) is 94.0 Å². The minimum atomic E-state index is -0.443. The van der Waals surface area contributed by atoms with Crippen molar-refractivity contribution in [2.24, 2.45) is 5.92 Å². The molecule has 1 aliphatic rings. The zero-order valence-electron chi connectivity index (χ0n) is 22.0. The molecular weight excluding hydrogens is 528 g/mol. The fraction of sp³-hybridized carbons (Fsp3) is 0.226. The summed E-state index contributed by atoms with van der Waals surface area (Å²) in [5.74, 6) is 1.69. The number of likely N-dealkylation sites (tertiary alicyclic amines) is 1. The summed E-state index contributed by atoms with van der Waals surface area (Å²) in [6.07, 6.45) is 6.65. The monoisotopic (exact) mass is 556 g/mol. The van der Waals surface area contributed by atoms with Crippen LogP contribution >= 0.6 is 11.6 Å². The van der Waals surface area contributed by atoms with Gasteiger partial charge in [-0.25, -0.2) is 0 Å². The van der Waals surface area contributed by atoms with E-state index >= 15 is 0 Å². The van der Waals surface area contributed by atoms with Crippen molar-refractivity contribution in [3.8, 4) is 12.3 Å².